The zero-order chi connectivity index (χ0) is 27.6. The van der Waals surface area contributed by atoms with Gasteiger partial charge >= 0.3 is 0 Å². The molecule has 2 N–H and O–H groups in total. The molecule has 0 radical (unpaired) electrons. The first-order chi connectivity index (χ1) is 18.2. The van der Waals surface area contributed by atoms with Gasteiger partial charge in [0.05, 0.1) is 19.8 Å². The van der Waals surface area contributed by atoms with Gasteiger partial charge < -0.3 is 19.9 Å². The average molecular weight is 550 g/mol. The van der Waals surface area contributed by atoms with E-state index < -0.39 is 58.4 Å². The number of hydrogen-bond donors (Lipinski definition) is 1. The minimum atomic E-state index is -1.60. The molecule has 8 nitrogen and oxygen atoms in total. The number of carbonyl (C=O) groups excluding carboxylic acids is 2. The molecular weight excluding hydrogens is 530 g/mol. The minimum absolute atomic E-state index is 0.0444. The van der Waals surface area contributed by atoms with Gasteiger partial charge in [-0.1, -0.05) is 23.9 Å². The molecular formula is C25H19F4N3O5S. The van der Waals surface area contributed by atoms with Crippen molar-refractivity contribution < 1.29 is 41.4 Å². The lowest BCUT2D eigenvalue weighted by molar-refractivity contribution is -0.120. The lowest BCUT2D eigenvalue weighted by atomic mass is 10.1. The number of amides is 2. The molecule has 0 saturated carbocycles. The number of hydrogen-bond acceptors (Lipinski definition) is 7. The number of methoxy groups -OCH3 is 2. The Balaban J connectivity index is 1.86. The number of para-hydroxylation sites is 1. The Bertz CT molecular complexity index is 1440. The predicted molar refractivity (Wildman–Crippen MR) is 130 cm³/mol. The van der Waals surface area contributed by atoms with Crippen LogP contribution < -0.4 is 19.9 Å². The third-order valence-corrected chi connectivity index (χ3v) is 6.57. The van der Waals surface area contributed by atoms with Crippen LogP contribution in [0.1, 0.15) is 26.9 Å². The van der Waals surface area contributed by atoms with Crippen molar-refractivity contribution in [3.05, 3.63) is 88.5 Å². The monoisotopic (exact) mass is 549 g/mol. The summed E-state index contributed by atoms with van der Waals surface area (Å²) in [6.07, 6.45) is 0. The van der Waals surface area contributed by atoms with Gasteiger partial charge in [0.1, 0.15) is 16.2 Å². The number of nitrogens with zero attached hydrogens (tertiary/aromatic N) is 2. The first-order valence-electron chi connectivity index (χ1n) is 10.8. The van der Waals surface area contributed by atoms with E-state index in [0.29, 0.717) is 11.6 Å². The van der Waals surface area contributed by atoms with Gasteiger partial charge in [0.25, 0.3) is 11.8 Å². The Kier molecular flexibility index (Phi) is 7.76. The van der Waals surface area contributed by atoms with Gasteiger partial charge in [-0.15, -0.1) is 0 Å². The fourth-order valence-corrected chi connectivity index (χ4v) is 4.79. The van der Waals surface area contributed by atoms with Crippen LogP contribution in [-0.4, -0.2) is 42.7 Å². The molecule has 1 unspecified atom stereocenters. The molecule has 3 aromatic carbocycles. The van der Waals surface area contributed by atoms with Gasteiger partial charge in [-0.25, -0.2) is 18.2 Å². The van der Waals surface area contributed by atoms with Crippen LogP contribution in [0.4, 0.5) is 17.6 Å². The second-order valence-corrected chi connectivity index (χ2v) is 8.80. The van der Waals surface area contributed by atoms with E-state index in [1.807, 2.05) is 0 Å². The number of hydrazone groups is 1. The second kappa shape index (κ2) is 11.0. The summed E-state index contributed by atoms with van der Waals surface area (Å²) in [4.78, 5) is 25.0. The number of nitrogens with two attached hydrogens (primary N) is 1. The van der Waals surface area contributed by atoms with Gasteiger partial charge in [-0.2, -0.15) is 9.49 Å². The molecule has 0 aromatic heterocycles. The summed E-state index contributed by atoms with van der Waals surface area (Å²) < 4.78 is 72.3. The Labute approximate surface area is 218 Å². The standard InChI is InChI=1S/C25H19F4N3O5S/c1-35-17-5-3-4-14(21(17)37-11-18(30)33)25-32(31-23(38-25)12-6-8-13(26)9-7-12)24(34)15-10-16(27)20(29)22(36-2)19(15)28/h3-10,25H,11H2,1-2H3,(H2,30,33). The molecule has 38 heavy (non-hydrogen) atoms. The lowest BCUT2D eigenvalue weighted by Crippen LogP contribution is -2.28. The van der Waals surface area contributed by atoms with Crippen LogP contribution in [0.3, 0.4) is 0 Å². The zero-order valence-electron chi connectivity index (χ0n) is 19.8. The van der Waals surface area contributed by atoms with Crippen molar-refractivity contribution in [2.45, 2.75) is 5.37 Å². The number of halogens is 4. The van der Waals surface area contributed by atoms with Gasteiger partial charge in [0.2, 0.25) is 5.82 Å². The van der Waals surface area contributed by atoms with E-state index >= 15 is 4.39 Å². The van der Waals surface area contributed by atoms with E-state index in [9.17, 15) is 22.8 Å². The summed E-state index contributed by atoms with van der Waals surface area (Å²) in [7, 11) is 2.28. The first kappa shape index (κ1) is 26.8. The first-order valence-corrected chi connectivity index (χ1v) is 11.7. The summed E-state index contributed by atoms with van der Waals surface area (Å²) in [5.74, 6) is -7.81. The Morgan fingerprint density at radius 1 is 1.00 bits per heavy atom. The normalized spacial score (nSPS) is 14.7. The summed E-state index contributed by atoms with van der Waals surface area (Å²) >= 11 is 1.00. The van der Waals surface area contributed by atoms with E-state index in [0.717, 1.165) is 23.9 Å². The largest absolute Gasteiger partial charge is 0.493 e. The molecule has 1 heterocycles. The molecule has 0 fully saturated rings. The highest BCUT2D eigenvalue weighted by Crippen LogP contribution is 2.48. The van der Waals surface area contributed by atoms with E-state index in [1.165, 1.54) is 37.4 Å². The Morgan fingerprint density at radius 2 is 1.71 bits per heavy atom. The Hall–Kier alpha value is -4.26. The molecule has 13 heteroatoms. The van der Waals surface area contributed by atoms with Crippen LogP contribution in [0.5, 0.6) is 17.2 Å². The minimum Gasteiger partial charge on any atom is -0.493 e. The van der Waals surface area contributed by atoms with Crippen LogP contribution in [0.15, 0.2) is 53.6 Å². The summed E-state index contributed by atoms with van der Waals surface area (Å²) in [6, 6.07) is 10.3. The fraction of sp³-hybridized carbons (Fsp3) is 0.160. The third kappa shape index (κ3) is 5.09. The Morgan fingerprint density at radius 3 is 2.34 bits per heavy atom. The number of ether oxygens (including phenoxy) is 3. The van der Waals surface area contributed by atoms with Crippen LogP contribution in [0.25, 0.3) is 0 Å². The number of primary amides is 1. The molecule has 0 spiro atoms. The number of rotatable bonds is 8. The van der Waals surface area contributed by atoms with Gasteiger partial charge in [0.15, 0.2) is 35.5 Å². The molecule has 2 amide bonds. The highest BCUT2D eigenvalue weighted by Gasteiger charge is 2.39. The molecule has 0 aliphatic carbocycles. The summed E-state index contributed by atoms with van der Waals surface area (Å²) in [5.41, 5.74) is 5.05. The molecule has 0 saturated heterocycles. The fourth-order valence-electron chi connectivity index (χ4n) is 3.62. The quantitative estimate of drug-likeness (QED) is 0.331. The maximum atomic E-state index is 15.0. The second-order valence-electron chi connectivity index (χ2n) is 7.73. The van der Waals surface area contributed by atoms with Gasteiger partial charge in [0, 0.05) is 11.1 Å². The van der Waals surface area contributed by atoms with Gasteiger partial charge in [-0.3, -0.25) is 9.59 Å². The van der Waals surface area contributed by atoms with Crippen LogP contribution in [0, 0.1) is 23.3 Å². The number of benzene rings is 3. The maximum absolute atomic E-state index is 15.0. The van der Waals surface area contributed by atoms with Crippen molar-refractivity contribution in [2.24, 2.45) is 10.8 Å². The van der Waals surface area contributed by atoms with E-state index in [2.05, 4.69) is 9.84 Å². The number of carbonyl (C=O) groups is 2. The van der Waals surface area contributed by atoms with Crippen molar-refractivity contribution in [3.8, 4) is 17.2 Å². The average Bonchev–Trinajstić information content (AvgIpc) is 3.35. The van der Waals surface area contributed by atoms with E-state index in [4.69, 9.17) is 15.2 Å². The molecule has 1 aliphatic heterocycles. The van der Waals surface area contributed by atoms with Gasteiger partial charge in [-0.05, 0) is 36.4 Å². The van der Waals surface area contributed by atoms with Crippen LogP contribution in [-0.2, 0) is 4.79 Å². The number of thioether (sulfide) groups is 1. The van der Waals surface area contributed by atoms with E-state index in [1.54, 1.807) is 12.1 Å². The molecule has 1 aliphatic rings. The molecule has 198 valence electrons. The van der Waals surface area contributed by atoms with Crippen molar-refractivity contribution in [1.29, 1.82) is 0 Å². The van der Waals surface area contributed by atoms with Crippen molar-refractivity contribution in [3.63, 3.8) is 0 Å². The third-order valence-electron chi connectivity index (χ3n) is 5.35. The molecule has 1 atom stereocenters. The zero-order valence-corrected chi connectivity index (χ0v) is 20.7. The van der Waals surface area contributed by atoms with Crippen molar-refractivity contribution in [1.82, 2.24) is 5.01 Å². The maximum Gasteiger partial charge on any atom is 0.278 e. The highest BCUT2D eigenvalue weighted by atomic mass is 32.2. The SMILES string of the molecule is COc1cccc(C2SC(c3ccc(F)cc3)=NN2C(=O)c2cc(F)c(F)c(OC)c2F)c1OCC(N)=O. The molecule has 3 aromatic rings. The highest BCUT2D eigenvalue weighted by molar-refractivity contribution is 8.14. The van der Waals surface area contributed by atoms with Crippen LogP contribution in [0.2, 0.25) is 0 Å². The molecule has 0 bridgehead atoms. The smallest absolute Gasteiger partial charge is 0.278 e. The lowest BCUT2D eigenvalue weighted by Gasteiger charge is -2.24. The van der Waals surface area contributed by atoms with Crippen LogP contribution >= 0.6 is 11.8 Å². The predicted octanol–water partition coefficient (Wildman–Crippen LogP) is 4.37. The summed E-state index contributed by atoms with van der Waals surface area (Å²) in [5, 5.41) is 4.28. The summed E-state index contributed by atoms with van der Waals surface area (Å²) in [6.45, 7) is -0.528. The van der Waals surface area contributed by atoms with E-state index in [-0.39, 0.29) is 22.1 Å². The van der Waals surface area contributed by atoms with Crippen molar-refractivity contribution >= 4 is 28.6 Å². The topological polar surface area (TPSA) is 103 Å². The van der Waals surface area contributed by atoms with Crippen molar-refractivity contribution in [2.75, 3.05) is 20.8 Å². The molecule has 4 rings (SSSR count).